The molecule has 0 aromatic heterocycles. The molecule has 9 N–H and O–H groups in total. The minimum Gasteiger partial charge on any atom is -0.508 e. The Balaban J connectivity index is 0.00000672. The average Bonchev–Trinajstić information content (AvgIpc) is 4.09. The number of carbonyl (C=O) groups excluding carboxylic acids is 7. The van der Waals surface area contributed by atoms with Crippen LogP contribution in [0.25, 0.3) is 0 Å². The number of amides is 6. The molecule has 2 fully saturated rings. The highest BCUT2D eigenvalue weighted by Gasteiger charge is 2.33. The Labute approximate surface area is 372 Å². The highest BCUT2D eigenvalue weighted by atomic mass is 16.3. The molecule has 19 nitrogen and oxygen atoms in total. The average molecular weight is 885 g/mol. The molecule has 0 spiro atoms. The Morgan fingerprint density at radius 1 is 0.698 bits per heavy atom. The highest BCUT2D eigenvalue weighted by Crippen LogP contribution is 2.30. The van der Waals surface area contributed by atoms with Gasteiger partial charge < -0.3 is 62.0 Å². The number of nitrogens with one attached hydrogen (secondary N) is 1. The van der Waals surface area contributed by atoms with Crippen LogP contribution in [0.1, 0.15) is 76.2 Å². The first-order chi connectivity index (χ1) is 30.3. The predicted octanol–water partition coefficient (Wildman–Crippen LogP) is -0.0299. The summed E-state index contributed by atoms with van der Waals surface area (Å²) in [4.78, 5) is 104. The van der Waals surface area contributed by atoms with Gasteiger partial charge in [0.25, 0.3) is 0 Å². The topological polar surface area (TPSA) is 279 Å². The summed E-state index contributed by atoms with van der Waals surface area (Å²) in [6.07, 6.45) is 10.9. The molecule has 6 amide bonds. The summed E-state index contributed by atoms with van der Waals surface area (Å²) in [6.45, 7) is 3.80. The van der Waals surface area contributed by atoms with Crippen molar-refractivity contribution in [3.8, 4) is 5.75 Å². The molecular weight excluding hydrogens is 813 g/mol. The molecule has 2 saturated carbocycles. The van der Waals surface area contributed by atoms with Crippen molar-refractivity contribution >= 4 is 47.7 Å². The van der Waals surface area contributed by atoms with Gasteiger partial charge in [-0.1, -0.05) is 37.5 Å². The van der Waals surface area contributed by atoms with E-state index >= 15 is 0 Å². The third kappa shape index (κ3) is 22.4. The van der Waals surface area contributed by atoms with Gasteiger partial charge in [0, 0.05) is 59.3 Å². The van der Waals surface area contributed by atoms with Gasteiger partial charge in [-0.25, -0.2) is 0 Å². The van der Waals surface area contributed by atoms with Crippen LogP contribution in [0.2, 0.25) is 0 Å². The zero-order valence-electron chi connectivity index (χ0n) is 37.2. The van der Waals surface area contributed by atoms with Gasteiger partial charge in [-0.15, -0.1) is 6.58 Å². The van der Waals surface area contributed by atoms with E-state index in [4.69, 9.17) is 22.3 Å². The molecule has 0 radical (unpaired) electrons. The first kappa shape index (κ1) is 53.6. The van der Waals surface area contributed by atoms with Gasteiger partial charge in [0.1, 0.15) is 12.0 Å². The zero-order valence-corrected chi connectivity index (χ0v) is 37.2. The molecule has 0 bridgehead atoms. The van der Waals surface area contributed by atoms with E-state index in [-0.39, 0.29) is 94.8 Å². The lowest BCUT2D eigenvalue weighted by Crippen LogP contribution is -2.52. The van der Waals surface area contributed by atoms with Gasteiger partial charge in [0.15, 0.2) is 5.96 Å². The lowest BCUT2D eigenvalue weighted by molar-refractivity contribution is -0.147. The number of aliphatic imine (C=N–C) groups is 1. The van der Waals surface area contributed by atoms with Crippen LogP contribution < -0.4 is 22.5 Å². The molecule has 0 heterocycles. The van der Waals surface area contributed by atoms with E-state index in [9.17, 15) is 38.7 Å². The van der Waals surface area contributed by atoms with Gasteiger partial charge >= 0.3 is 0 Å². The van der Waals surface area contributed by atoms with Gasteiger partial charge in [0.05, 0.1) is 39.3 Å². The highest BCUT2D eigenvalue weighted by molar-refractivity contribution is 5.92. The van der Waals surface area contributed by atoms with Gasteiger partial charge in [-0.2, -0.15) is 0 Å². The van der Waals surface area contributed by atoms with Crippen molar-refractivity contribution in [3.63, 3.8) is 0 Å². The molecule has 3 rings (SSSR count). The minimum absolute atomic E-state index is 0.0392. The molecule has 0 saturated heterocycles. The maximum absolute atomic E-state index is 14.3. The van der Waals surface area contributed by atoms with Crippen molar-refractivity contribution in [2.24, 2.45) is 34.0 Å². The fourth-order valence-electron chi connectivity index (χ4n) is 7.23. The van der Waals surface area contributed by atoms with Gasteiger partial charge in [-0.05, 0) is 80.9 Å². The third-order valence-electron chi connectivity index (χ3n) is 10.8. The van der Waals surface area contributed by atoms with Crippen molar-refractivity contribution in [2.75, 3.05) is 92.2 Å². The van der Waals surface area contributed by atoms with Crippen LogP contribution in [-0.4, -0.2) is 175 Å². The number of carbonyl (C=O) groups is 7. The fraction of sp³-hybridized carbons (Fsp3) is 0.636. The first-order valence-electron chi connectivity index (χ1n) is 22.0. The summed E-state index contributed by atoms with van der Waals surface area (Å²) in [7, 11) is 1.00. The number of aliphatic hydroxyl groups excluding tert-OH is 1. The number of phenols is 1. The number of hydrogen-bond acceptors (Lipinski definition) is 11. The van der Waals surface area contributed by atoms with E-state index in [1.54, 1.807) is 30.3 Å². The summed E-state index contributed by atoms with van der Waals surface area (Å²) in [5.41, 5.74) is 17.3. The number of nitrogens with two attached hydrogens (primary N) is 3. The van der Waals surface area contributed by atoms with Crippen LogP contribution in [0, 0.1) is 11.8 Å². The molecular formula is C44H72N10O9. The summed E-state index contributed by atoms with van der Waals surface area (Å²) in [5, 5.41) is 19.7. The number of hydrogen-bond donors (Lipinski definition) is 6. The van der Waals surface area contributed by atoms with Crippen LogP contribution in [0.4, 0.5) is 0 Å². The number of rotatable bonds is 30. The Bertz CT molecular complexity index is 1630. The number of nitrogens with zero attached hydrogens (tertiary/aromatic N) is 6. The summed E-state index contributed by atoms with van der Waals surface area (Å²) in [6, 6.07) is 6.59. The largest absolute Gasteiger partial charge is 0.508 e. The van der Waals surface area contributed by atoms with Crippen molar-refractivity contribution in [3.05, 3.63) is 42.5 Å². The normalized spacial score (nSPS) is 13.4. The van der Waals surface area contributed by atoms with Crippen molar-refractivity contribution in [1.29, 1.82) is 0 Å². The van der Waals surface area contributed by atoms with Crippen LogP contribution in [0.5, 0.6) is 5.75 Å². The predicted molar refractivity (Wildman–Crippen MR) is 240 cm³/mol. The number of guanidine groups is 1. The van der Waals surface area contributed by atoms with E-state index in [0.717, 1.165) is 63.9 Å². The molecule has 0 aliphatic heterocycles. The standard InChI is InChI=1S/C43H68N10O8.CH4O/c1-2-19-47-25-38(57)51(23-18-33-14-16-36(55)17-15-33)29-39(58)50(21-7-6-20-48-43(45)46)30-41(60)53(27-35-12-13-35)32-42(61)52(26-34-10-4-3-5-11-34)31-40(59)49(28-37(44)56)22-8-9-24-54;1-2/h2,14-17,24,34-35,47,55H,1,3-13,18-23,25-32H2,(H2,44,56)(H4,45,46,48);2H,1H3. The first-order valence-corrected chi connectivity index (χ1v) is 22.0. The van der Waals surface area contributed by atoms with Gasteiger partial charge in [0.2, 0.25) is 35.4 Å². The van der Waals surface area contributed by atoms with E-state index < -0.39 is 29.5 Å². The number of aromatic hydroxyl groups is 1. The monoisotopic (exact) mass is 885 g/mol. The van der Waals surface area contributed by atoms with E-state index in [1.807, 2.05) is 0 Å². The molecule has 2 aliphatic carbocycles. The van der Waals surface area contributed by atoms with Crippen LogP contribution in [-0.2, 0) is 40.0 Å². The Morgan fingerprint density at radius 3 is 1.73 bits per heavy atom. The molecule has 2 aliphatic rings. The summed E-state index contributed by atoms with van der Waals surface area (Å²) in [5.74, 6) is -2.43. The second-order valence-corrected chi connectivity index (χ2v) is 16.1. The number of unbranched alkanes of at least 4 members (excludes halogenated alkanes) is 2. The maximum atomic E-state index is 14.3. The lowest BCUT2D eigenvalue weighted by Gasteiger charge is -2.34. The quantitative estimate of drug-likeness (QED) is 0.0196. The number of aliphatic hydroxyl groups is 1. The fourth-order valence-corrected chi connectivity index (χ4v) is 7.23. The number of benzene rings is 1. The number of phenolic OH excluding ortho intramolecular Hbond substituents is 1. The van der Waals surface area contributed by atoms with Crippen molar-refractivity contribution in [1.82, 2.24) is 29.8 Å². The summed E-state index contributed by atoms with van der Waals surface area (Å²) >= 11 is 0. The van der Waals surface area contributed by atoms with Crippen LogP contribution in [0.15, 0.2) is 41.9 Å². The molecule has 19 heteroatoms. The van der Waals surface area contributed by atoms with Crippen molar-refractivity contribution in [2.45, 2.75) is 77.0 Å². The second kappa shape index (κ2) is 30.5. The molecule has 0 atom stereocenters. The number of aldehydes is 1. The smallest absolute Gasteiger partial charge is 0.242 e. The SMILES string of the molecule is C=CCNCC(=O)N(CCc1ccc(O)cc1)CC(=O)N(CCCCN=C(N)N)CC(=O)N(CC(=O)N(CC(=O)N(CCCC=O)CC(N)=O)CC1CCCCC1)CC1CC1.CO. The Morgan fingerprint density at radius 2 is 1.21 bits per heavy atom. The minimum atomic E-state index is -0.713. The van der Waals surface area contributed by atoms with E-state index in [0.29, 0.717) is 51.9 Å². The van der Waals surface area contributed by atoms with Crippen molar-refractivity contribution < 1.29 is 43.8 Å². The zero-order chi connectivity index (χ0) is 46.6. The number of primary amides is 1. The van der Waals surface area contributed by atoms with E-state index in [1.165, 1.54) is 24.5 Å². The lowest BCUT2D eigenvalue weighted by atomic mass is 9.89. The van der Waals surface area contributed by atoms with E-state index in [2.05, 4.69) is 16.9 Å². The molecule has 352 valence electrons. The summed E-state index contributed by atoms with van der Waals surface area (Å²) < 4.78 is 0. The molecule has 1 aromatic carbocycles. The Hall–Kier alpha value is -5.56. The van der Waals surface area contributed by atoms with Crippen LogP contribution in [0.3, 0.4) is 0 Å². The third-order valence-corrected chi connectivity index (χ3v) is 10.8. The Kier molecular flexibility index (Phi) is 25.9. The molecule has 0 unspecified atom stereocenters. The maximum Gasteiger partial charge on any atom is 0.242 e. The second-order valence-electron chi connectivity index (χ2n) is 16.1. The van der Waals surface area contributed by atoms with Crippen LogP contribution >= 0.6 is 0 Å². The molecule has 63 heavy (non-hydrogen) atoms. The molecule has 1 aromatic rings. The van der Waals surface area contributed by atoms with Gasteiger partial charge in [-0.3, -0.25) is 33.8 Å².